The van der Waals surface area contributed by atoms with E-state index in [4.69, 9.17) is 16.3 Å². The van der Waals surface area contributed by atoms with Crippen molar-refractivity contribution in [2.24, 2.45) is 0 Å². The quantitative estimate of drug-likeness (QED) is 0.682. The number of hydrogen-bond acceptors (Lipinski definition) is 4. The van der Waals surface area contributed by atoms with Crippen molar-refractivity contribution in [1.82, 2.24) is 0 Å². The first kappa shape index (κ1) is 13.7. The molecule has 0 saturated heterocycles. The smallest absolute Gasteiger partial charge is 0.293 e. The Kier molecular flexibility index (Phi) is 3.66. The summed E-state index contributed by atoms with van der Waals surface area (Å²) in [5, 5.41) is 14.7. The Morgan fingerprint density at radius 2 is 2.10 bits per heavy atom. The molecule has 1 heterocycles. The second kappa shape index (κ2) is 5.61. The summed E-state index contributed by atoms with van der Waals surface area (Å²) < 4.78 is 5.59. The molecule has 1 atom stereocenters. The second-order valence-electron chi connectivity index (χ2n) is 4.79. The van der Waals surface area contributed by atoms with Crippen LogP contribution in [0.15, 0.2) is 42.5 Å². The number of anilines is 1. The minimum Gasteiger partial charge on any atom is -0.493 e. The van der Waals surface area contributed by atoms with Gasteiger partial charge >= 0.3 is 0 Å². The lowest BCUT2D eigenvalue weighted by Crippen LogP contribution is -2.20. The van der Waals surface area contributed by atoms with Gasteiger partial charge in [-0.2, -0.15) is 0 Å². The Balaban J connectivity index is 1.93. The molecule has 0 amide bonds. The number of benzene rings is 2. The summed E-state index contributed by atoms with van der Waals surface area (Å²) >= 11 is 5.83. The van der Waals surface area contributed by atoms with Crippen LogP contribution in [0.1, 0.15) is 18.0 Å². The molecule has 0 bridgehead atoms. The van der Waals surface area contributed by atoms with Crippen LogP contribution >= 0.6 is 11.6 Å². The fraction of sp³-hybridized carbons (Fsp3) is 0.200. The molecule has 108 valence electrons. The summed E-state index contributed by atoms with van der Waals surface area (Å²) in [6, 6.07) is 12.3. The van der Waals surface area contributed by atoms with Crippen molar-refractivity contribution in [3.63, 3.8) is 0 Å². The largest absolute Gasteiger partial charge is 0.493 e. The molecule has 0 spiro atoms. The normalized spacial score (nSPS) is 16.7. The highest BCUT2D eigenvalue weighted by atomic mass is 35.5. The van der Waals surface area contributed by atoms with Gasteiger partial charge in [0.2, 0.25) is 0 Å². The van der Waals surface area contributed by atoms with E-state index in [0.717, 1.165) is 17.7 Å². The van der Waals surface area contributed by atoms with Crippen LogP contribution in [-0.4, -0.2) is 11.5 Å². The molecular formula is C15H13ClN2O3. The van der Waals surface area contributed by atoms with Gasteiger partial charge in [-0.25, -0.2) is 0 Å². The lowest BCUT2D eigenvalue weighted by molar-refractivity contribution is -0.384. The second-order valence-corrected chi connectivity index (χ2v) is 5.23. The summed E-state index contributed by atoms with van der Waals surface area (Å²) in [6.07, 6.45) is 0.747. The van der Waals surface area contributed by atoms with Crippen molar-refractivity contribution < 1.29 is 9.66 Å². The first-order valence-electron chi connectivity index (χ1n) is 6.57. The maximum absolute atomic E-state index is 11.1. The van der Waals surface area contributed by atoms with Gasteiger partial charge in [0.15, 0.2) is 0 Å². The minimum atomic E-state index is -0.431. The molecule has 0 saturated carbocycles. The van der Waals surface area contributed by atoms with E-state index in [9.17, 15) is 10.1 Å². The predicted molar refractivity (Wildman–Crippen MR) is 81.0 cm³/mol. The third kappa shape index (κ3) is 2.78. The number of para-hydroxylation sites is 1. The lowest BCUT2D eigenvalue weighted by atomic mass is 10.00. The van der Waals surface area contributed by atoms with Crippen LogP contribution in [0.5, 0.6) is 5.75 Å². The van der Waals surface area contributed by atoms with Gasteiger partial charge in [0.05, 0.1) is 17.6 Å². The Bertz CT molecular complexity index is 690. The standard InChI is InChI=1S/C15H13ClN2O3/c16-10-5-6-13(14(9-10)18(19)20)17-12-7-8-21-15-4-2-1-3-11(12)15/h1-6,9,12,17H,7-8H2. The number of nitrogens with one attached hydrogen (secondary N) is 1. The van der Waals surface area contributed by atoms with E-state index >= 15 is 0 Å². The monoisotopic (exact) mass is 304 g/mol. The zero-order chi connectivity index (χ0) is 14.8. The molecule has 1 aliphatic heterocycles. The number of rotatable bonds is 3. The average molecular weight is 305 g/mol. The van der Waals surface area contributed by atoms with Crippen LogP contribution in [0.25, 0.3) is 0 Å². The molecular weight excluding hydrogens is 292 g/mol. The van der Waals surface area contributed by atoms with Gasteiger partial charge in [-0.05, 0) is 18.2 Å². The molecule has 1 aliphatic rings. The van der Waals surface area contributed by atoms with Crippen LogP contribution in [0.3, 0.4) is 0 Å². The van der Waals surface area contributed by atoms with E-state index < -0.39 is 4.92 Å². The van der Waals surface area contributed by atoms with E-state index in [-0.39, 0.29) is 11.7 Å². The number of nitro benzene ring substituents is 1. The fourth-order valence-corrected chi connectivity index (χ4v) is 2.62. The molecule has 2 aromatic rings. The van der Waals surface area contributed by atoms with E-state index in [1.807, 2.05) is 24.3 Å². The van der Waals surface area contributed by atoms with Crippen molar-refractivity contribution in [2.45, 2.75) is 12.5 Å². The van der Waals surface area contributed by atoms with Crippen LogP contribution in [0, 0.1) is 10.1 Å². The van der Waals surface area contributed by atoms with Crippen molar-refractivity contribution in [1.29, 1.82) is 0 Å². The summed E-state index contributed by atoms with van der Waals surface area (Å²) in [6.45, 7) is 0.579. The highest BCUT2D eigenvalue weighted by molar-refractivity contribution is 6.30. The Labute approximate surface area is 126 Å². The lowest BCUT2D eigenvalue weighted by Gasteiger charge is -2.27. The van der Waals surface area contributed by atoms with E-state index in [1.54, 1.807) is 12.1 Å². The van der Waals surface area contributed by atoms with Gasteiger partial charge in [-0.15, -0.1) is 0 Å². The number of ether oxygens (including phenoxy) is 1. The fourth-order valence-electron chi connectivity index (χ4n) is 2.46. The summed E-state index contributed by atoms with van der Waals surface area (Å²) in [5.41, 5.74) is 1.45. The summed E-state index contributed by atoms with van der Waals surface area (Å²) in [5.74, 6) is 0.817. The van der Waals surface area contributed by atoms with E-state index in [1.165, 1.54) is 6.07 Å². The third-order valence-electron chi connectivity index (χ3n) is 3.44. The van der Waals surface area contributed by atoms with Crippen LogP contribution < -0.4 is 10.1 Å². The average Bonchev–Trinajstić information content (AvgIpc) is 2.49. The SMILES string of the molecule is O=[N+]([O-])c1cc(Cl)ccc1NC1CCOc2ccccc21. The topological polar surface area (TPSA) is 64.4 Å². The highest BCUT2D eigenvalue weighted by Crippen LogP contribution is 2.37. The highest BCUT2D eigenvalue weighted by Gasteiger charge is 2.24. The zero-order valence-corrected chi connectivity index (χ0v) is 11.8. The number of fused-ring (bicyclic) bond motifs is 1. The Morgan fingerprint density at radius 1 is 1.29 bits per heavy atom. The Morgan fingerprint density at radius 3 is 2.90 bits per heavy atom. The first-order valence-corrected chi connectivity index (χ1v) is 6.95. The number of hydrogen-bond donors (Lipinski definition) is 1. The van der Waals surface area contributed by atoms with Crippen molar-refractivity contribution in [3.8, 4) is 5.75 Å². The molecule has 21 heavy (non-hydrogen) atoms. The first-order chi connectivity index (χ1) is 10.1. The van der Waals surface area contributed by atoms with Gasteiger partial charge in [-0.3, -0.25) is 10.1 Å². The third-order valence-corrected chi connectivity index (χ3v) is 3.68. The summed E-state index contributed by atoms with van der Waals surface area (Å²) in [7, 11) is 0. The summed E-state index contributed by atoms with van der Waals surface area (Å²) in [4.78, 5) is 10.7. The van der Waals surface area contributed by atoms with Crippen molar-refractivity contribution in [2.75, 3.05) is 11.9 Å². The molecule has 6 heteroatoms. The van der Waals surface area contributed by atoms with Gasteiger partial charge in [0, 0.05) is 23.1 Å². The van der Waals surface area contributed by atoms with Gasteiger partial charge < -0.3 is 10.1 Å². The maximum atomic E-state index is 11.1. The van der Waals surface area contributed by atoms with Crippen LogP contribution in [0.4, 0.5) is 11.4 Å². The molecule has 0 aromatic heterocycles. The van der Waals surface area contributed by atoms with Crippen LogP contribution in [-0.2, 0) is 0 Å². The number of nitrogens with zero attached hydrogens (tertiary/aromatic N) is 1. The maximum Gasteiger partial charge on any atom is 0.293 e. The van der Waals surface area contributed by atoms with E-state index in [2.05, 4.69) is 5.32 Å². The molecule has 1 N–H and O–H groups in total. The van der Waals surface area contributed by atoms with Crippen molar-refractivity contribution >= 4 is 23.0 Å². The molecule has 0 fully saturated rings. The molecule has 5 nitrogen and oxygen atoms in total. The minimum absolute atomic E-state index is 0.0187. The molecule has 0 radical (unpaired) electrons. The number of halogens is 1. The molecule has 1 unspecified atom stereocenters. The zero-order valence-electron chi connectivity index (χ0n) is 11.1. The van der Waals surface area contributed by atoms with Gasteiger partial charge in [0.1, 0.15) is 11.4 Å². The Hall–Kier alpha value is -2.27. The predicted octanol–water partition coefficient (Wildman–Crippen LogP) is 4.18. The molecule has 3 rings (SSSR count). The van der Waals surface area contributed by atoms with E-state index in [0.29, 0.717) is 17.3 Å². The molecule has 0 aliphatic carbocycles. The molecule has 2 aromatic carbocycles. The van der Waals surface area contributed by atoms with Gasteiger partial charge in [0.25, 0.3) is 5.69 Å². The van der Waals surface area contributed by atoms with Crippen molar-refractivity contribution in [3.05, 3.63) is 63.2 Å². The van der Waals surface area contributed by atoms with Gasteiger partial charge in [-0.1, -0.05) is 29.8 Å². The van der Waals surface area contributed by atoms with Crippen LogP contribution in [0.2, 0.25) is 5.02 Å². The number of nitro groups is 1.